The predicted octanol–water partition coefficient (Wildman–Crippen LogP) is 1.76. The zero-order chi connectivity index (χ0) is 13.7. The van der Waals surface area contributed by atoms with Crippen molar-refractivity contribution >= 4 is 17.3 Å². The summed E-state index contributed by atoms with van der Waals surface area (Å²) >= 11 is 0. The molecule has 0 aromatic carbocycles. The lowest BCUT2D eigenvalue weighted by Crippen LogP contribution is -2.26. The molecule has 7 heteroatoms. The lowest BCUT2D eigenvalue weighted by atomic mass is 10.1. The van der Waals surface area contributed by atoms with Crippen LogP contribution in [0.15, 0.2) is 12.1 Å². The maximum atomic E-state index is 11.0. The van der Waals surface area contributed by atoms with Gasteiger partial charge >= 0.3 is 5.69 Å². The molecule has 18 heavy (non-hydrogen) atoms. The van der Waals surface area contributed by atoms with Crippen LogP contribution in [0.4, 0.5) is 17.3 Å². The van der Waals surface area contributed by atoms with E-state index in [0.717, 1.165) is 6.42 Å². The van der Waals surface area contributed by atoms with Crippen molar-refractivity contribution in [1.29, 1.82) is 0 Å². The molecule has 0 aliphatic carbocycles. The minimum absolute atomic E-state index is 0.0141. The van der Waals surface area contributed by atoms with E-state index >= 15 is 0 Å². The molecule has 1 unspecified atom stereocenters. The molecule has 0 saturated heterocycles. The quantitative estimate of drug-likeness (QED) is 0.455. The van der Waals surface area contributed by atoms with Crippen LogP contribution in [0.2, 0.25) is 0 Å². The lowest BCUT2D eigenvalue weighted by Gasteiger charge is -2.21. The summed E-state index contributed by atoms with van der Waals surface area (Å²) in [5.41, 5.74) is 2.38. The van der Waals surface area contributed by atoms with E-state index in [9.17, 15) is 10.1 Å². The Balaban J connectivity index is 3.06. The molecule has 1 atom stereocenters. The Morgan fingerprint density at radius 2 is 2.28 bits per heavy atom. The van der Waals surface area contributed by atoms with Crippen LogP contribution in [0.3, 0.4) is 0 Å². The van der Waals surface area contributed by atoms with Gasteiger partial charge in [-0.1, -0.05) is 20.3 Å². The number of hydrazine groups is 1. The molecule has 0 amide bonds. The summed E-state index contributed by atoms with van der Waals surface area (Å²) in [5.74, 6) is 6.45. The van der Waals surface area contributed by atoms with Crippen LogP contribution in [0, 0.1) is 16.0 Å². The van der Waals surface area contributed by atoms with Crippen LogP contribution < -0.4 is 16.2 Å². The zero-order valence-corrected chi connectivity index (χ0v) is 10.9. The lowest BCUT2D eigenvalue weighted by molar-refractivity contribution is -0.384. The second-order valence-corrected chi connectivity index (χ2v) is 4.33. The number of nitrogens with one attached hydrogen (secondary N) is 1. The van der Waals surface area contributed by atoms with Gasteiger partial charge in [0.2, 0.25) is 5.82 Å². The highest BCUT2D eigenvalue weighted by atomic mass is 16.6. The van der Waals surface area contributed by atoms with E-state index in [2.05, 4.69) is 24.3 Å². The second kappa shape index (κ2) is 6.15. The maximum Gasteiger partial charge on any atom is 0.311 e. The van der Waals surface area contributed by atoms with E-state index in [1.54, 1.807) is 11.9 Å². The topological polar surface area (TPSA) is 97.3 Å². The molecular formula is C11H19N5O2. The van der Waals surface area contributed by atoms with E-state index in [-0.39, 0.29) is 5.69 Å². The van der Waals surface area contributed by atoms with Crippen LogP contribution in [0.1, 0.15) is 20.3 Å². The van der Waals surface area contributed by atoms with Gasteiger partial charge in [-0.05, 0) is 12.0 Å². The smallest absolute Gasteiger partial charge is 0.311 e. The molecule has 0 fully saturated rings. The van der Waals surface area contributed by atoms with E-state index in [1.807, 2.05) is 0 Å². The number of anilines is 2. The third-order valence-corrected chi connectivity index (χ3v) is 2.84. The van der Waals surface area contributed by atoms with Crippen molar-refractivity contribution in [3.63, 3.8) is 0 Å². The van der Waals surface area contributed by atoms with Crippen LogP contribution in [0.25, 0.3) is 0 Å². The van der Waals surface area contributed by atoms with Crippen LogP contribution in [-0.2, 0) is 0 Å². The maximum absolute atomic E-state index is 11.0. The zero-order valence-electron chi connectivity index (χ0n) is 10.9. The molecule has 0 aliphatic heterocycles. The van der Waals surface area contributed by atoms with Gasteiger partial charge in [0.1, 0.15) is 5.82 Å². The Bertz CT molecular complexity index is 424. The Kier molecular flexibility index (Phi) is 4.85. The molecular weight excluding hydrogens is 234 g/mol. The van der Waals surface area contributed by atoms with Gasteiger partial charge in [0.05, 0.1) is 4.92 Å². The number of nitrogens with zero attached hydrogens (tertiary/aromatic N) is 3. The van der Waals surface area contributed by atoms with Gasteiger partial charge in [0, 0.05) is 19.7 Å². The van der Waals surface area contributed by atoms with Gasteiger partial charge in [-0.3, -0.25) is 10.1 Å². The summed E-state index contributed by atoms with van der Waals surface area (Å²) in [6.07, 6.45) is 1.01. The molecule has 3 N–H and O–H groups in total. The van der Waals surface area contributed by atoms with Gasteiger partial charge in [-0.25, -0.2) is 10.8 Å². The van der Waals surface area contributed by atoms with Gasteiger partial charge in [0.25, 0.3) is 0 Å². The summed E-state index contributed by atoms with van der Waals surface area (Å²) < 4.78 is 0. The highest BCUT2D eigenvalue weighted by Crippen LogP contribution is 2.27. The molecule has 0 aliphatic rings. The Labute approximate surface area is 106 Å². The number of pyridine rings is 1. The summed E-state index contributed by atoms with van der Waals surface area (Å²) in [6.45, 7) is 4.88. The average Bonchev–Trinajstić information content (AvgIpc) is 2.37. The van der Waals surface area contributed by atoms with Crippen molar-refractivity contribution in [3.05, 3.63) is 22.2 Å². The molecule has 100 valence electrons. The minimum Gasteiger partial charge on any atom is -0.354 e. The van der Waals surface area contributed by atoms with Gasteiger partial charge in [-0.2, -0.15) is 0 Å². The molecule has 0 radical (unpaired) electrons. The first kappa shape index (κ1) is 14.2. The first-order chi connectivity index (χ1) is 8.49. The number of hydrogen-bond acceptors (Lipinski definition) is 6. The number of nitro groups is 1. The first-order valence-corrected chi connectivity index (χ1v) is 5.82. The van der Waals surface area contributed by atoms with Crippen molar-refractivity contribution in [1.82, 2.24) is 4.98 Å². The molecule has 1 aromatic rings. The van der Waals surface area contributed by atoms with E-state index < -0.39 is 4.92 Å². The number of nitrogen functional groups attached to an aromatic ring is 1. The molecule has 1 aromatic heterocycles. The SMILES string of the molecule is CCC(C)CN(C)c1nc(NN)ccc1[N+](=O)[O-]. The average molecular weight is 253 g/mol. The van der Waals surface area contributed by atoms with Crippen molar-refractivity contribution in [2.75, 3.05) is 23.9 Å². The third kappa shape index (κ3) is 3.30. The summed E-state index contributed by atoms with van der Waals surface area (Å²) in [4.78, 5) is 16.5. The van der Waals surface area contributed by atoms with Crippen molar-refractivity contribution in [2.24, 2.45) is 11.8 Å². The standard InChI is InChI=1S/C11H19N5O2/c1-4-8(2)7-15(3)11-9(16(17)18)5-6-10(13-11)14-12/h5-6,8H,4,7,12H2,1-3H3,(H,13,14). The molecule has 7 nitrogen and oxygen atoms in total. The van der Waals surface area contributed by atoms with E-state index in [4.69, 9.17) is 5.84 Å². The predicted molar refractivity (Wildman–Crippen MR) is 71.4 cm³/mol. The van der Waals surface area contributed by atoms with Gasteiger partial charge in [0.15, 0.2) is 0 Å². The number of hydrogen-bond donors (Lipinski definition) is 2. The Hall–Kier alpha value is -1.89. The Morgan fingerprint density at radius 3 is 2.78 bits per heavy atom. The van der Waals surface area contributed by atoms with Crippen LogP contribution in [-0.4, -0.2) is 23.5 Å². The van der Waals surface area contributed by atoms with Crippen LogP contribution >= 0.6 is 0 Å². The monoisotopic (exact) mass is 253 g/mol. The van der Waals surface area contributed by atoms with Gasteiger partial charge < -0.3 is 10.3 Å². The summed E-state index contributed by atoms with van der Waals surface area (Å²) in [7, 11) is 1.79. The highest BCUT2D eigenvalue weighted by molar-refractivity contribution is 5.61. The van der Waals surface area contributed by atoms with Crippen LogP contribution in [0.5, 0.6) is 0 Å². The highest BCUT2D eigenvalue weighted by Gasteiger charge is 2.20. The first-order valence-electron chi connectivity index (χ1n) is 5.82. The van der Waals surface area contributed by atoms with Crippen molar-refractivity contribution in [3.8, 4) is 0 Å². The van der Waals surface area contributed by atoms with Crippen molar-refractivity contribution in [2.45, 2.75) is 20.3 Å². The number of nitrogens with two attached hydrogens (primary N) is 1. The minimum atomic E-state index is -0.435. The fourth-order valence-electron chi connectivity index (χ4n) is 1.63. The number of rotatable bonds is 6. The molecule has 1 rings (SSSR count). The number of aromatic nitrogens is 1. The van der Waals surface area contributed by atoms with E-state index in [0.29, 0.717) is 24.1 Å². The molecule has 0 saturated carbocycles. The molecule has 0 bridgehead atoms. The second-order valence-electron chi connectivity index (χ2n) is 4.33. The van der Waals surface area contributed by atoms with E-state index in [1.165, 1.54) is 12.1 Å². The van der Waals surface area contributed by atoms with Crippen molar-refractivity contribution < 1.29 is 4.92 Å². The third-order valence-electron chi connectivity index (χ3n) is 2.84. The summed E-state index contributed by atoms with van der Waals surface area (Å²) in [5, 5.41) is 11.0. The summed E-state index contributed by atoms with van der Waals surface area (Å²) in [6, 6.07) is 2.89. The molecule has 1 heterocycles. The normalized spacial score (nSPS) is 12.0. The Morgan fingerprint density at radius 1 is 1.61 bits per heavy atom. The molecule has 0 spiro atoms. The van der Waals surface area contributed by atoms with Gasteiger partial charge in [-0.15, -0.1) is 0 Å². The fourth-order valence-corrected chi connectivity index (χ4v) is 1.63. The fraction of sp³-hybridized carbons (Fsp3) is 0.545. The largest absolute Gasteiger partial charge is 0.354 e.